The topological polar surface area (TPSA) is 66.6 Å². The summed E-state index contributed by atoms with van der Waals surface area (Å²) in [6.07, 6.45) is 1.33. The second-order valence-electron chi connectivity index (χ2n) is 5.08. The number of likely N-dealkylation sites (tertiary alicyclic amines) is 1. The molecular formula is C14H20N2O2. The Morgan fingerprint density at radius 2 is 2.33 bits per heavy atom. The Hall–Kier alpha value is -1.55. The monoisotopic (exact) mass is 248 g/mol. The van der Waals surface area contributed by atoms with Gasteiger partial charge in [0.15, 0.2) is 0 Å². The zero-order valence-corrected chi connectivity index (χ0v) is 10.7. The van der Waals surface area contributed by atoms with E-state index in [1.807, 2.05) is 11.0 Å². The van der Waals surface area contributed by atoms with Crippen molar-refractivity contribution in [3.63, 3.8) is 0 Å². The zero-order valence-electron chi connectivity index (χ0n) is 10.7. The molecule has 2 rings (SSSR count). The molecular weight excluding hydrogens is 228 g/mol. The number of phenolic OH excluding ortho intramolecular Hbond substituents is 1. The van der Waals surface area contributed by atoms with Crippen molar-refractivity contribution in [2.75, 3.05) is 13.1 Å². The summed E-state index contributed by atoms with van der Waals surface area (Å²) >= 11 is 0. The number of rotatable bonds is 3. The minimum atomic E-state index is 0.115. The van der Waals surface area contributed by atoms with E-state index in [1.54, 1.807) is 18.2 Å². The highest BCUT2D eigenvalue weighted by Gasteiger charge is 2.31. The van der Waals surface area contributed by atoms with Crippen molar-refractivity contribution in [1.82, 2.24) is 4.90 Å². The summed E-state index contributed by atoms with van der Waals surface area (Å²) in [5.41, 5.74) is 6.51. The first-order valence-electron chi connectivity index (χ1n) is 6.37. The van der Waals surface area contributed by atoms with Crippen LogP contribution in [0.1, 0.15) is 18.9 Å². The molecule has 0 aliphatic carbocycles. The Morgan fingerprint density at radius 3 is 2.94 bits per heavy atom. The number of phenols is 1. The van der Waals surface area contributed by atoms with Gasteiger partial charge in [0, 0.05) is 12.6 Å². The summed E-state index contributed by atoms with van der Waals surface area (Å²) in [5.74, 6) is 0.742. The molecule has 2 unspecified atom stereocenters. The number of nitrogens with zero attached hydrogens (tertiary/aromatic N) is 1. The molecule has 1 aromatic carbocycles. The number of nitrogens with two attached hydrogens (primary N) is 1. The van der Waals surface area contributed by atoms with E-state index < -0.39 is 0 Å². The lowest BCUT2D eigenvalue weighted by molar-refractivity contribution is -0.131. The predicted octanol–water partition coefficient (Wildman–Crippen LogP) is 1.13. The molecule has 1 amide bonds. The number of carbonyl (C=O) groups is 1. The maximum absolute atomic E-state index is 12.2. The second-order valence-corrected chi connectivity index (χ2v) is 5.08. The molecule has 2 atom stereocenters. The van der Waals surface area contributed by atoms with Gasteiger partial charge in [0.2, 0.25) is 5.91 Å². The largest absolute Gasteiger partial charge is 0.508 e. The van der Waals surface area contributed by atoms with Gasteiger partial charge < -0.3 is 15.7 Å². The van der Waals surface area contributed by atoms with Crippen molar-refractivity contribution in [3.05, 3.63) is 29.8 Å². The van der Waals surface area contributed by atoms with Crippen molar-refractivity contribution in [3.8, 4) is 5.75 Å². The zero-order chi connectivity index (χ0) is 13.1. The highest BCUT2D eigenvalue weighted by atomic mass is 16.3. The van der Waals surface area contributed by atoms with Crippen LogP contribution in [-0.4, -0.2) is 35.0 Å². The van der Waals surface area contributed by atoms with Crippen LogP contribution in [0.5, 0.6) is 5.75 Å². The Kier molecular flexibility index (Phi) is 3.87. The third kappa shape index (κ3) is 2.82. The number of amides is 1. The van der Waals surface area contributed by atoms with E-state index in [0.717, 1.165) is 18.5 Å². The fraction of sp³-hybridized carbons (Fsp3) is 0.500. The number of carbonyl (C=O) groups excluding carboxylic acids is 1. The van der Waals surface area contributed by atoms with Gasteiger partial charge in [0.1, 0.15) is 5.75 Å². The van der Waals surface area contributed by atoms with E-state index in [4.69, 9.17) is 5.73 Å². The van der Waals surface area contributed by atoms with Gasteiger partial charge in [-0.2, -0.15) is 0 Å². The first kappa shape index (κ1) is 12.9. The average Bonchev–Trinajstić information content (AvgIpc) is 2.70. The SMILES string of the molecule is CC1CC(CN)CN1C(=O)Cc1cccc(O)c1. The molecule has 0 spiro atoms. The van der Waals surface area contributed by atoms with Crippen LogP contribution in [0.25, 0.3) is 0 Å². The Morgan fingerprint density at radius 1 is 1.56 bits per heavy atom. The molecule has 18 heavy (non-hydrogen) atoms. The minimum absolute atomic E-state index is 0.115. The molecule has 98 valence electrons. The maximum atomic E-state index is 12.2. The minimum Gasteiger partial charge on any atom is -0.508 e. The van der Waals surface area contributed by atoms with E-state index >= 15 is 0 Å². The van der Waals surface area contributed by atoms with Crippen LogP contribution in [-0.2, 0) is 11.2 Å². The van der Waals surface area contributed by atoms with Gasteiger partial charge in [0.25, 0.3) is 0 Å². The van der Waals surface area contributed by atoms with Gasteiger partial charge in [-0.1, -0.05) is 12.1 Å². The molecule has 1 aliphatic rings. The Balaban J connectivity index is 2.00. The van der Waals surface area contributed by atoms with E-state index in [0.29, 0.717) is 18.9 Å². The van der Waals surface area contributed by atoms with E-state index in [-0.39, 0.29) is 17.7 Å². The second kappa shape index (κ2) is 5.40. The van der Waals surface area contributed by atoms with E-state index in [9.17, 15) is 9.90 Å². The van der Waals surface area contributed by atoms with Gasteiger partial charge in [-0.05, 0) is 43.5 Å². The molecule has 0 saturated carbocycles. The number of aromatic hydroxyl groups is 1. The third-order valence-electron chi connectivity index (χ3n) is 3.58. The highest BCUT2D eigenvalue weighted by molar-refractivity contribution is 5.79. The quantitative estimate of drug-likeness (QED) is 0.842. The van der Waals surface area contributed by atoms with E-state index in [1.165, 1.54) is 0 Å². The number of hydrogen-bond donors (Lipinski definition) is 2. The molecule has 0 aromatic heterocycles. The van der Waals surface area contributed by atoms with Crippen LogP contribution in [0.3, 0.4) is 0 Å². The molecule has 3 N–H and O–H groups in total. The normalized spacial score (nSPS) is 23.3. The van der Waals surface area contributed by atoms with Crippen molar-refractivity contribution >= 4 is 5.91 Å². The van der Waals surface area contributed by atoms with Crippen molar-refractivity contribution in [2.45, 2.75) is 25.8 Å². The molecule has 1 heterocycles. The molecule has 0 bridgehead atoms. The van der Waals surface area contributed by atoms with Crippen molar-refractivity contribution in [1.29, 1.82) is 0 Å². The lowest BCUT2D eigenvalue weighted by Crippen LogP contribution is -2.35. The van der Waals surface area contributed by atoms with Gasteiger partial charge in [-0.15, -0.1) is 0 Å². The van der Waals surface area contributed by atoms with Gasteiger partial charge in [0.05, 0.1) is 6.42 Å². The van der Waals surface area contributed by atoms with Crippen LogP contribution in [0.2, 0.25) is 0 Å². The van der Waals surface area contributed by atoms with Gasteiger partial charge >= 0.3 is 0 Å². The highest BCUT2D eigenvalue weighted by Crippen LogP contribution is 2.23. The third-order valence-corrected chi connectivity index (χ3v) is 3.58. The first-order valence-corrected chi connectivity index (χ1v) is 6.37. The number of hydrogen-bond acceptors (Lipinski definition) is 3. The van der Waals surface area contributed by atoms with Crippen molar-refractivity contribution < 1.29 is 9.90 Å². The molecule has 1 saturated heterocycles. The summed E-state index contributed by atoms with van der Waals surface area (Å²) in [7, 11) is 0. The summed E-state index contributed by atoms with van der Waals surface area (Å²) in [6, 6.07) is 7.13. The molecule has 1 aliphatic heterocycles. The lowest BCUT2D eigenvalue weighted by Gasteiger charge is -2.21. The van der Waals surface area contributed by atoms with E-state index in [2.05, 4.69) is 6.92 Å². The average molecular weight is 248 g/mol. The summed E-state index contributed by atoms with van der Waals surface area (Å²) in [6.45, 7) is 3.46. The Labute approximate surface area is 107 Å². The molecule has 1 aromatic rings. The fourth-order valence-corrected chi connectivity index (χ4v) is 2.60. The molecule has 4 nitrogen and oxygen atoms in total. The standard InChI is InChI=1S/C14H20N2O2/c1-10-5-12(8-15)9-16(10)14(18)7-11-3-2-4-13(17)6-11/h2-4,6,10,12,17H,5,7-9,15H2,1H3. The smallest absolute Gasteiger partial charge is 0.227 e. The Bertz CT molecular complexity index is 434. The summed E-state index contributed by atoms with van der Waals surface area (Å²) in [4.78, 5) is 14.1. The molecule has 0 radical (unpaired) electrons. The summed E-state index contributed by atoms with van der Waals surface area (Å²) in [5, 5.41) is 9.38. The van der Waals surface area contributed by atoms with Gasteiger partial charge in [-0.25, -0.2) is 0 Å². The first-order chi connectivity index (χ1) is 8.60. The number of benzene rings is 1. The van der Waals surface area contributed by atoms with Crippen molar-refractivity contribution in [2.24, 2.45) is 11.7 Å². The van der Waals surface area contributed by atoms with Crippen LogP contribution in [0, 0.1) is 5.92 Å². The molecule has 4 heteroatoms. The maximum Gasteiger partial charge on any atom is 0.227 e. The van der Waals surface area contributed by atoms with Crippen LogP contribution in [0.4, 0.5) is 0 Å². The van der Waals surface area contributed by atoms with Crippen LogP contribution < -0.4 is 5.73 Å². The fourth-order valence-electron chi connectivity index (χ4n) is 2.60. The predicted molar refractivity (Wildman–Crippen MR) is 70.1 cm³/mol. The molecule has 1 fully saturated rings. The summed E-state index contributed by atoms with van der Waals surface area (Å²) < 4.78 is 0. The van der Waals surface area contributed by atoms with Crippen LogP contribution in [0.15, 0.2) is 24.3 Å². The van der Waals surface area contributed by atoms with Gasteiger partial charge in [-0.3, -0.25) is 4.79 Å². The van der Waals surface area contributed by atoms with Crippen LogP contribution >= 0.6 is 0 Å². The lowest BCUT2D eigenvalue weighted by atomic mass is 10.1.